The summed E-state index contributed by atoms with van der Waals surface area (Å²) in [5.74, 6) is -1.97. The van der Waals surface area contributed by atoms with E-state index in [0.29, 0.717) is 11.3 Å². The molecule has 8 nitrogen and oxygen atoms in total. The number of fused-ring (bicyclic) bond motifs is 1. The molecule has 1 N–H and O–H groups in total. The Morgan fingerprint density at radius 2 is 1.70 bits per heavy atom. The molecule has 3 aromatic rings. The molecule has 0 aromatic heterocycles. The number of benzene rings is 3. The highest BCUT2D eigenvalue weighted by Gasteiger charge is 2.29. The Labute approximate surface area is 246 Å². The first-order valence-electron chi connectivity index (χ1n) is 16.8. The summed E-state index contributed by atoms with van der Waals surface area (Å²) in [6.45, 7) is 3.58. The lowest BCUT2D eigenvalue weighted by Crippen LogP contribution is -2.48. The molecule has 2 amide bonds. The van der Waals surface area contributed by atoms with Crippen LogP contribution in [0.5, 0.6) is 0 Å². The van der Waals surface area contributed by atoms with Gasteiger partial charge in [0, 0.05) is 50.2 Å². The number of rotatable bonds is 7. The van der Waals surface area contributed by atoms with Gasteiger partial charge in [-0.15, -0.1) is 0 Å². The van der Waals surface area contributed by atoms with Crippen molar-refractivity contribution in [3.8, 4) is 0 Å². The molecule has 3 aromatic carbocycles. The number of anilines is 2. The van der Waals surface area contributed by atoms with Crippen LogP contribution in [-0.4, -0.2) is 81.5 Å². The first-order valence-corrected chi connectivity index (χ1v) is 12.8. The van der Waals surface area contributed by atoms with Gasteiger partial charge in [0.2, 0.25) is 5.91 Å². The molecule has 0 unspecified atom stereocenters. The molecule has 0 saturated carbocycles. The Hall–Kier alpha value is -4.27. The molecule has 0 radical (unpaired) electrons. The quantitative estimate of drug-likeness (QED) is 0.359. The lowest BCUT2D eigenvalue weighted by Gasteiger charge is -2.32. The highest BCUT2D eigenvalue weighted by atomic mass is 16.5. The van der Waals surface area contributed by atoms with Crippen molar-refractivity contribution in [2.45, 2.75) is 6.42 Å². The van der Waals surface area contributed by atoms with Crippen LogP contribution < -0.4 is 10.2 Å². The van der Waals surface area contributed by atoms with Crippen LogP contribution in [0.15, 0.2) is 72.6 Å². The first-order chi connectivity index (χ1) is 22.7. The van der Waals surface area contributed by atoms with Crippen LogP contribution in [0, 0.1) is 0 Å². The number of piperazine rings is 1. The van der Waals surface area contributed by atoms with Crippen LogP contribution >= 0.6 is 0 Å². The van der Waals surface area contributed by atoms with E-state index in [4.69, 9.17) is 11.0 Å². The Bertz CT molecular complexity index is 1850. The first kappa shape index (κ1) is 18.9. The van der Waals surface area contributed by atoms with Gasteiger partial charge in [-0.05, 0) is 54.4 Å². The number of nitrogens with one attached hydrogen (secondary N) is 1. The third-order valence-corrected chi connectivity index (χ3v) is 7.05. The van der Waals surface area contributed by atoms with Crippen molar-refractivity contribution >= 4 is 40.3 Å². The predicted molar refractivity (Wildman–Crippen MR) is 157 cm³/mol. The van der Waals surface area contributed by atoms with Crippen molar-refractivity contribution in [2.75, 3.05) is 64.1 Å². The van der Waals surface area contributed by atoms with E-state index in [1.165, 1.54) is 4.90 Å². The van der Waals surface area contributed by atoms with Crippen molar-refractivity contribution in [2.24, 2.45) is 0 Å². The summed E-state index contributed by atoms with van der Waals surface area (Å²) in [5.41, 5.74) is -0.368. The van der Waals surface area contributed by atoms with Gasteiger partial charge >= 0.3 is 5.97 Å². The molecule has 0 spiro atoms. The van der Waals surface area contributed by atoms with Crippen LogP contribution in [0.4, 0.5) is 11.4 Å². The summed E-state index contributed by atoms with van der Waals surface area (Å²) in [6.07, 6.45) is -0.158. The number of carbonyl (C=O) groups is 3. The summed E-state index contributed by atoms with van der Waals surface area (Å²) in [5, 5.41) is 2.49. The highest BCUT2D eigenvalue weighted by molar-refractivity contribution is 6.37. The highest BCUT2D eigenvalue weighted by Crippen LogP contribution is 2.39. The van der Waals surface area contributed by atoms with Gasteiger partial charge in [0.15, 0.2) is 0 Å². The Morgan fingerprint density at radius 3 is 2.38 bits per heavy atom. The van der Waals surface area contributed by atoms with Gasteiger partial charge in [-0.25, -0.2) is 4.79 Å². The minimum absolute atomic E-state index is 0.0337. The lowest BCUT2D eigenvalue weighted by atomic mass is 9.90. The largest absolute Gasteiger partial charge is 0.465 e. The van der Waals surface area contributed by atoms with E-state index in [1.807, 2.05) is 7.05 Å². The standard InChI is InChI=1S/C32H34N4O4/c1-34-15-17-36(18-16-34)21-29(37)35(2)25-12-9-22(10-13-25)19-27(23-7-5-4-6-8-23)30-26-14-11-24(32(39)40-3)20-28(26)33-31(30)38/h4-14,20H,15-19,21H2,1-3H3,(H,33,38)/b30-27+/i4D,5D,6D,7D,8D,11D,14D,20D. The van der Waals surface area contributed by atoms with E-state index in [2.05, 4.69) is 19.9 Å². The van der Waals surface area contributed by atoms with Gasteiger partial charge in [0.25, 0.3) is 5.91 Å². The van der Waals surface area contributed by atoms with Gasteiger partial charge < -0.3 is 19.9 Å². The van der Waals surface area contributed by atoms with Crippen molar-refractivity contribution < 1.29 is 30.1 Å². The molecular formula is C32H34N4O4. The molecule has 2 aliphatic heterocycles. The van der Waals surface area contributed by atoms with E-state index < -0.39 is 65.8 Å². The molecule has 0 atom stereocenters. The summed E-state index contributed by atoms with van der Waals surface area (Å²) < 4.78 is 72.5. The SMILES string of the molecule is [2H]c1c([2H])c([2H])c(/C(Cc2ccc(N(C)C(=O)CN3CCN(C)CC3)cc2)=C2/C(=O)Nc3c([2H])c(C(=O)OC)c([2H])c([2H])c32)c([2H])c1[2H]. The molecule has 40 heavy (non-hydrogen) atoms. The second-order valence-electron chi connectivity index (χ2n) is 9.67. The van der Waals surface area contributed by atoms with Crippen molar-refractivity contribution in [1.82, 2.24) is 9.80 Å². The van der Waals surface area contributed by atoms with Crippen LogP contribution in [-0.2, 0) is 20.7 Å². The van der Waals surface area contributed by atoms with E-state index in [1.54, 1.807) is 31.3 Å². The van der Waals surface area contributed by atoms with E-state index in [0.717, 1.165) is 33.3 Å². The monoisotopic (exact) mass is 546 g/mol. The zero-order valence-electron chi connectivity index (χ0n) is 30.5. The molecule has 8 heteroatoms. The van der Waals surface area contributed by atoms with Gasteiger partial charge in [-0.3, -0.25) is 14.5 Å². The summed E-state index contributed by atoms with van der Waals surface area (Å²) >= 11 is 0. The van der Waals surface area contributed by atoms with Gasteiger partial charge in [-0.1, -0.05) is 48.4 Å². The maximum Gasteiger partial charge on any atom is 0.337 e. The van der Waals surface area contributed by atoms with Gasteiger partial charge in [-0.2, -0.15) is 0 Å². The van der Waals surface area contributed by atoms with Crippen molar-refractivity contribution in [1.29, 1.82) is 0 Å². The Morgan fingerprint density at radius 1 is 1.00 bits per heavy atom. The van der Waals surface area contributed by atoms with E-state index >= 15 is 0 Å². The second kappa shape index (κ2) is 11.9. The third kappa shape index (κ3) is 5.83. The molecule has 0 bridgehead atoms. The third-order valence-electron chi connectivity index (χ3n) is 7.05. The fourth-order valence-corrected chi connectivity index (χ4v) is 4.66. The number of esters is 1. The van der Waals surface area contributed by atoms with Crippen LogP contribution in [0.25, 0.3) is 11.1 Å². The average Bonchev–Trinajstić information content (AvgIpc) is 3.42. The minimum atomic E-state index is -1.04. The van der Waals surface area contributed by atoms with E-state index in [-0.39, 0.29) is 46.8 Å². The summed E-state index contributed by atoms with van der Waals surface area (Å²) in [7, 11) is 4.77. The topological polar surface area (TPSA) is 82.2 Å². The second-order valence-corrected chi connectivity index (χ2v) is 9.67. The zero-order valence-corrected chi connectivity index (χ0v) is 22.5. The van der Waals surface area contributed by atoms with Crippen molar-refractivity contribution in [3.05, 3.63) is 94.9 Å². The molecule has 1 saturated heterocycles. The maximum atomic E-state index is 13.6. The molecule has 1 fully saturated rings. The lowest BCUT2D eigenvalue weighted by molar-refractivity contribution is -0.119. The van der Waals surface area contributed by atoms with Crippen LogP contribution in [0.1, 0.15) is 38.0 Å². The normalized spacial score (nSPS) is 19.5. The van der Waals surface area contributed by atoms with Gasteiger partial charge in [0.05, 0.1) is 35.8 Å². The van der Waals surface area contributed by atoms with Crippen molar-refractivity contribution in [3.63, 3.8) is 0 Å². The predicted octanol–water partition coefficient (Wildman–Crippen LogP) is 3.79. The van der Waals surface area contributed by atoms with Gasteiger partial charge in [0.1, 0.15) is 0 Å². The molecule has 5 rings (SSSR count). The van der Waals surface area contributed by atoms with Crippen LogP contribution in [0.2, 0.25) is 0 Å². The number of ether oxygens (including phenoxy) is 1. The smallest absolute Gasteiger partial charge is 0.337 e. The number of amides is 2. The number of hydrogen-bond donors (Lipinski definition) is 1. The average molecular weight is 547 g/mol. The molecular weight excluding hydrogens is 504 g/mol. The number of hydrogen-bond acceptors (Lipinski definition) is 6. The van der Waals surface area contributed by atoms with E-state index in [9.17, 15) is 14.4 Å². The summed E-state index contributed by atoms with van der Waals surface area (Å²) in [4.78, 5) is 44.9. The minimum Gasteiger partial charge on any atom is -0.465 e. The Kier molecular flexibility index (Phi) is 5.61. The Balaban J connectivity index is 1.61. The number of nitrogens with zero attached hydrogens (tertiary/aromatic N) is 3. The fraction of sp³-hybridized carbons (Fsp3) is 0.281. The molecule has 206 valence electrons. The fourth-order valence-electron chi connectivity index (χ4n) is 4.66. The number of carbonyl (C=O) groups excluding carboxylic acids is 3. The molecule has 0 aliphatic carbocycles. The number of allylic oxidation sites excluding steroid dienone is 1. The van der Waals surface area contributed by atoms with Crippen LogP contribution in [0.3, 0.4) is 0 Å². The number of methoxy groups -OCH3 is 1. The number of likely N-dealkylation sites (N-methyl/N-ethyl adjacent to an activating group) is 2. The maximum absolute atomic E-state index is 13.6. The summed E-state index contributed by atoms with van der Waals surface area (Å²) in [6, 6.07) is 1.95. The zero-order chi connectivity index (χ0) is 35.2. The molecule has 2 aliphatic rings. The molecule has 2 heterocycles.